The number of thiazole rings is 1. The van der Waals surface area contributed by atoms with Crippen molar-refractivity contribution in [2.24, 2.45) is 0 Å². The van der Waals surface area contributed by atoms with E-state index < -0.39 is 4.92 Å². The Balaban J connectivity index is 1.55. The van der Waals surface area contributed by atoms with Crippen molar-refractivity contribution < 1.29 is 14.5 Å². The van der Waals surface area contributed by atoms with E-state index in [1.807, 2.05) is 19.1 Å². The number of rotatable bonds is 7. The number of carbonyl (C=O) groups is 1. The van der Waals surface area contributed by atoms with Crippen LogP contribution in [0.15, 0.2) is 42.5 Å². The molecule has 0 unspecified atom stereocenters. The number of fused-ring (bicyclic) bond motifs is 1. The van der Waals surface area contributed by atoms with Gasteiger partial charge in [-0.25, -0.2) is 4.98 Å². The molecule has 1 amide bonds. The topological polar surface area (TPSA) is 88.8 Å². The van der Waals surface area contributed by atoms with Crippen LogP contribution in [0.25, 0.3) is 10.2 Å². The van der Waals surface area contributed by atoms with Gasteiger partial charge in [-0.05, 0) is 30.2 Å². The lowest BCUT2D eigenvalue weighted by Crippen LogP contribution is -2.43. The van der Waals surface area contributed by atoms with Gasteiger partial charge in [-0.3, -0.25) is 24.7 Å². The van der Waals surface area contributed by atoms with Gasteiger partial charge in [-0.1, -0.05) is 29.5 Å². The minimum Gasteiger partial charge on any atom is -0.379 e. The van der Waals surface area contributed by atoms with E-state index in [0.717, 1.165) is 41.0 Å². The standard InChI is InChI=1S/C22H24N4O4S/c1-16-2-7-19-20(14-16)31-22(23-19)25(9-8-24-10-12-30-13-11-24)21(27)15-17-3-5-18(6-4-17)26(28)29/h2-7,14H,8-13,15H2,1H3. The Labute approximate surface area is 184 Å². The summed E-state index contributed by atoms with van der Waals surface area (Å²) in [5.41, 5.74) is 2.79. The summed E-state index contributed by atoms with van der Waals surface area (Å²) in [5, 5.41) is 11.6. The highest BCUT2D eigenvalue weighted by atomic mass is 32.1. The number of carbonyl (C=O) groups excluding carboxylic acids is 1. The minimum atomic E-state index is -0.441. The smallest absolute Gasteiger partial charge is 0.269 e. The van der Waals surface area contributed by atoms with Crippen molar-refractivity contribution >= 4 is 38.3 Å². The van der Waals surface area contributed by atoms with Gasteiger partial charge in [0.25, 0.3) is 5.69 Å². The van der Waals surface area contributed by atoms with E-state index in [1.54, 1.807) is 17.0 Å². The maximum atomic E-state index is 13.3. The number of aryl methyl sites for hydroxylation is 1. The van der Waals surface area contributed by atoms with Crippen molar-refractivity contribution in [3.63, 3.8) is 0 Å². The van der Waals surface area contributed by atoms with Crippen molar-refractivity contribution in [1.82, 2.24) is 9.88 Å². The fourth-order valence-electron chi connectivity index (χ4n) is 3.53. The zero-order chi connectivity index (χ0) is 21.8. The first-order valence-electron chi connectivity index (χ1n) is 10.2. The molecule has 1 fully saturated rings. The van der Waals surface area contributed by atoms with Crippen LogP contribution in [0.3, 0.4) is 0 Å². The number of nitrogens with zero attached hydrogens (tertiary/aromatic N) is 4. The fourth-order valence-corrected chi connectivity index (χ4v) is 4.64. The molecule has 2 aromatic carbocycles. The number of non-ortho nitro benzene ring substituents is 1. The first-order chi connectivity index (χ1) is 15.0. The molecule has 1 aliphatic rings. The summed E-state index contributed by atoms with van der Waals surface area (Å²) in [6.45, 7) is 6.42. The molecule has 0 aliphatic carbocycles. The maximum Gasteiger partial charge on any atom is 0.269 e. The Hall–Kier alpha value is -2.88. The van der Waals surface area contributed by atoms with Gasteiger partial charge in [0.1, 0.15) is 0 Å². The second-order valence-electron chi connectivity index (χ2n) is 7.57. The van der Waals surface area contributed by atoms with E-state index in [2.05, 4.69) is 11.0 Å². The molecule has 8 nitrogen and oxygen atoms in total. The summed E-state index contributed by atoms with van der Waals surface area (Å²) in [4.78, 5) is 32.4. The highest BCUT2D eigenvalue weighted by Gasteiger charge is 2.22. The summed E-state index contributed by atoms with van der Waals surface area (Å²) < 4.78 is 6.47. The molecule has 1 saturated heterocycles. The van der Waals surface area contributed by atoms with Gasteiger partial charge >= 0.3 is 0 Å². The van der Waals surface area contributed by atoms with Gasteiger partial charge in [0.05, 0.1) is 34.8 Å². The average molecular weight is 441 g/mol. The van der Waals surface area contributed by atoms with Crippen molar-refractivity contribution in [3.05, 3.63) is 63.7 Å². The normalized spacial score (nSPS) is 14.6. The van der Waals surface area contributed by atoms with E-state index >= 15 is 0 Å². The molecule has 1 aliphatic heterocycles. The first kappa shape index (κ1) is 21.4. The summed E-state index contributed by atoms with van der Waals surface area (Å²) >= 11 is 1.51. The third-order valence-corrected chi connectivity index (χ3v) is 6.35. The van der Waals surface area contributed by atoms with Gasteiger partial charge in [0.15, 0.2) is 5.13 Å². The van der Waals surface area contributed by atoms with E-state index in [0.29, 0.717) is 24.9 Å². The molecule has 0 saturated carbocycles. The Bertz CT molecular complexity index is 1080. The van der Waals surface area contributed by atoms with Crippen LogP contribution in [-0.4, -0.2) is 60.1 Å². The summed E-state index contributed by atoms with van der Waals surface area (Å²) in [6, 6.07) is 12.2. The number of ether oxygens (including phenoxy) is 1. The predicted octanol–water partition coefficient (Wildman–Crippen LogP) is 3.42. The lowest BCUT2D eigenvalue weighted by Gasteiger charge is -2.29. The number of nitro groups is 1. The van der Waals surface area contributed by atoms with Crippen LogP contribution >= 0.6 is 11.3 Å². The molecule has 0 atom stereocenters. The van der Waals surface area contributed by atoms with Crippen LogP contribution in [-0.2, 0) is 16.0 Å². The third kappa shape index (κ3) is 5.25. The van der Waals surface area contributed by atoms with Gasteiger partial charge in [0.2, 0.25) is 5.91 Å². The van der Waals surface area contributed by atoms with Crippen LogP contribution in [0.2, 0.25) is 0 Å². The van der Waals surface area contributed by atoms with Gasteiger partial charge < -0.3 is 4.74 Å². The van der Waals surface area contributed by atoms with E-state index in [9.17, 15) is 14.9 Å². The molecule has 2 heterocycles. The summed E-state index contributed by atoms with van der Waals surface area (Å²) in [6.07, 6.45) is 0.163. The number of nitro benzene ring substituents is 1. The van der Waals surface area contributed by atoms with Gasteiger partial charge in [-0.15, -0.1) is 0 Å². The lowest BCUT2D eigenvalue weighted by molar-refractivity contribution is -0.384. The third-order valence-electron chi connectivity index (χ3n) is 5.31. The summed E-state index contributed by atoms with van der Waals surface area (Å²) in [5.74, 6) is -0.0714. The fraction of sp³-hybridized carbons (Fsp3) is 0.364. The molecule has 1 aromatic heterocycles. The Morgan fingerprint density at radius 2 is 1.97 bits per heavy atom. The molecule has 0 radical (unpaired) electrons. The number of aromatic nitrogens is 1. The van der Waals surface area contributed by atoms with Crippen molar-refractivity contribution in [2.75, 3.05) is 44.3 Å². The van der Waals surface area contributed by atoms with E-state index in [-0.39, 0.29) is 18.0 Å². The molecule has 162 valence electrons. The quantitative estimate of drug-likeness (QED) is 0.413. The first-order valence-corrected chi connectivity index (χ1v) is 11.0. The maximum absolute atomic E-state index is 13.3. The molecule has 4 rings (SSSR count). The molecule has 0 spiro atoms. The predicted molar refractivity (Wildman–Crippen MR) is 121 cm³/mol. The lowest BCUT2D eigenvalue weighted by atomic mass is 10.1. The minimum absolute atomic E-state index is 0.0157. The SMILES string of the molecule is Cc1ccc2nc(N(CCN3CCOCC3)C(=O)Cc3ccc([N+](=O)[O-])cc3)sc2c1. The van der Waals surface area contributed by atoms with Gasteiger partial charge in [-0.2, -0.15) is 0 Å². The average Bonchev–Trinajstić information content (AvgIpc) is 3.17. The Kier molecular flexibility index (Phi) is 6.55. The highest BCUT2D eigenvalue weighted by Crippen LogP contribution is 2.30. The molecule has 0 N–H and O–H groups in total. The number of amides is 1. The number of hydrogen-bond donors (Lipinski definition) is 0. The Morgan fingerprint density at radius 1 is 1.23 bits per heavy atom. The second kappa shape index (κ2) is 9.51. The number of benzene rings is 2. The van der Waals surface area contributed by atoms with Crippen LogP contribution in [0.1, 0.15) is 11.1 Å². The zero-order valence-electron chi connectivity index (χ0n) is 17.3. The number of hydrogen-bond acceptors (Lipinski definition) is 7. The molecule has 9 heteroatoms. The molecule has 31 heavy (non-hydrogen) atoms. The summed E-state index contributed by atoms with van der Waals surface area (Å²) in [7, 11) is 0. The largest absolute Gasteiger partial charge is 0.379 e. The monoisotopic (exact) mass is 440 g/mol. The van der Waals surface area contributed by atoms with Crippen LogP contribution < -0.4 is 4.90 Å². The molecule has 3 aromatic rings. The van der Waals surface area contributed by atoms with Crippen molar-refractivity contribution in [2.45, 2.75) is 13.3 Å². The highest BCUT2D eigenvalue weighted by molar-refractivity contribution is 7.22. The van der Waals surface area contributed by atoms with Gasteiger partial charge in [0, 0.05) is 38.3 Å². The molecular formula is C22H24N4O4S. The van der Waals surface area contributed by atoms with E-state index in [4.69, 9.17) is 9.72 Å². The second-order valence-corrected chi connectivity index (χ2v) is 8.58. The molecular weight excluding hydrogens is 416 g/mol. The van der Waals surface area contributed by atoms with Crippen LogP contribution in [0.4, 0.5) is 10.8 Å². The zero-order valence-corrected chi connectivity index (χ0v) is 18.1. The van der Waals surface area contributed by atoms with Crippen LogP contribution in [0, 0.1) is 17.0 Å². The Morgan fingerprint density at radius 3 is 2.68 bits per heavy atom. The number of anilines is 1. The van der Waals surface area contributed by atoms with Crippen molar-refractivity contribution in [3.8, 4) is 0 Å². The number of morpholine rings is 1. The van der Waals surface area contributed by atoms with E-state index in [1.165, 1.54) is 23.5 Å². The molecule has 0 bridgehead atoms. The van der Waals surface area contributed by atoms with Crippen molar-refractivity contribution in [1.29, 1.82) is 0 Å². The van der Waals surface area contributed by atoms with Crippen LogP contribution in [0.5, 0.6) is 0 Å².